The molecule has 1 aromatic heterocycles. The minimum absolute atomic E-state index is 0.0608. The first-order valence-corrected chi connectivity index (χ1v) is 42.7. The zero-order valence-corrected chi connectivity index (χ0v) is 65.7. The summed E-state index contributed by atoms with van der Waals surface area (Å²) in [7, 11) is -4.05. The predicted octanol–water partition coefficient (Wildman–Crippen LogP) is 23.2. The van der Waals surface area contributed by atoms with E-state index in [9.17, 15) is 21.6 Å². The molecule has 14 heteroatoms. The van der Waals surface area contributed by atoms with Crippen molar-refractivity contribution in [2.24, 2.45) is 0 Å². The molecule has 2 saturated carbocycles. The van der Waals surface area contributed by atoms with Crippen molar-refractivity contribution >= 4 is 103 Å². The number of nitrogens with zero attached hydrogens (tertiary/aromatic N) is 3. The molecule has 14 aromatic carbocycles. The first kappa shape index (κ1) is 75.1. The molecule has 0 amide bonds. The van der Waals surface area contributed by atoms with Gasteiger partial charge in [-0.2, -0.15) is 21.6 Å². The van der Waals surface area contributed by atoms with Gasteiger partial charge in [-0.25, -0.2) is 0 Å². The number of methoxy groups -OCH3 is 1. The van der Waals surface area contributed by atoms with E-state index in [2.05, 4.69) is 274 Å². The van der Waals surface area contributed by atoms with Gasteiger partial charge in [0.25, 0.3) is 0 Å². The smallest absolute Gasteiger partial charge is 0.496 e. The highest BCUT2D eigenvalue weighted by Crippen LogP contribution is 2.57. The first-order chi connectivity index (χ1) is 55.9. The van der Waals surface area contributed by atoms with Gasteiger partial charge in [-0.05, 0) is 190 Å². The molecule has 7 nitrogen and oxygen atoms in total. The zero-order valence-electron chi connectivity index (χ0n) is 64.0. The van der Waals surface area contributed by atoms with Crippen LogP contribution in [0.1, 0.15) is 80.9 Å². The molecule has 3 heterocycles. The first-order valence-electron chi connectivity index (χ1n) is 39.8. The van der Waals surface area contributed by atoms with Crippen molar-refractivity contribution in [3.8, 4) is 61.7 Å². The molecule has 2 fully saturated rings. The molecule has 0 radical (unpaired) electrons. The third kappa shape index (κ3) is 15.0. The second kappa shape index (κ2) is 33.2. The monoisotopic (exact) mass is 1540 g/mol. The Balaban J connectivity index is 0.000000115. The van der Waals surface area contributed by atoms with Crippen LogP contribution in [0.25, 0.3) is 72.0 Å². The van der Waals surface area contributed by atoms with Crippen molar-refractivity contribution < 1.29 is 30.5 Å². The van der Waals surface area contributed by atoms with E-state index >= 15 is 0 Å². The molecule has 2 aliphatic heterocycles. The van der Waals surface area contributed by atoms with Crippen LogP contribution < -0.4 is 45.7 Å². The summed E-state index contributed by atoms with van der Waals surface area (Å²) in [5.41, 5.74) is 23.2. The van der Waals surface area contributed by atoms with E-state index < -0.39 is 21.4 Å². The lowest BCUT2D eigenvalue weighted by Crippen LogP contribution is -2.57. The standard InChI is InChI=1S/C36H25BN2.C26H35OP.C25H17BF3NO3S.C13H10/c1-2-12-28(13-3-1)39-36-21-11-7-15-30(36)29-14-4-8-18-33(29)37(39)26-22-24-27(25-23-26)38-34-19-9-5-16-31(34)32-17-6-10-20-35(32)38;1-20-12-11-18-24(27-2)26(20)23-17-9-10-19-25(23)28(21-13-5-3-6-14-21)22-15-7-4-8-16-22;27-25(28,29)34(31,32)33-20-16-14-18(15-17-20)26-23-12-6-4-10-21(23)22-11-5-7-13-24(22)30(26)19-8-2-1-3-9-19;1-3-7-12-10(5-1)9-11-6-2-4-8-13(11)12/h1-25H;9-12,17-19,21-22H,3-8,13-16H2,1-2H3;1-17H;1-8H,9H2. The molecule has 0 unspecified atom stereocenters. The number of para-hydroxylation sites is 6. The van der Waals surface area contributed by atoms with Crippen LogP contribution >= 0.6 is 7.92 Å². The van der Waals surface area contributed by atoms with Crippen LogP contribution in [-0.4, -0.2) is 50.6 Å². The highest BCUT2D eigenvalue weighted by atomic mass is 32.2. The van der Waals surface area contributed by atoms with E-state index in [-0.39, 0.29) is 21.6 Å². The molecular weight excluding hydrogens is 1450 g/mol. The Morgan fingerprint density at radius 1 is 0.386 bits per heavy atom. The van der Waals surface area contributed by atoms with Crippen LogP contribution in [0.3, 0.4) is 0 Å². The third-order valence-electron chi connectivity index (χ3n) is 23.3. The van der Waals surface area contributed by atoms with Gasteiger partial charge in [-0.3, -0.25) is 0 Å². The lowest BCUT2D eigenvalue weighted by Gasteiger charge is -2.39. The van der Waals surface area contributed by atoms with Gasteiger partial charge in [0, 0.05) is 55.9 Å². The molecule has 20 rings (SSSR count). The molecule has 114 heavy (non-hydrogen) atoms. The molecule has 5 aliphatic rings. The van der Waals surface area contributed by atoms with Crippen molar-refractivity contribution in [2.75, 3.05) is 16.7 Å². The van der Waals surface area contributed by atoms with E-state index in [1.807, 2.05) is 79.9 Å². The largest absolute Gasteiger partial charge is 0.534 e. The molecule has 0 spiro atoms. The summed E-state index contributed by atoms with van der Waals surface area (Å²) in [4.78, 5) is 4.66. The van der Waals surface area contributed by atoms with Crippen molar-refractivity contribution in [2.45, 2.75) is 94.4 Å². The fourth-order valence-electron chi connectivity index (χ4n) is 18.2. The van der Waals surface area contributed by atoms with Crippen LogP contribution in [0.5, 0.6) is 11.5 Å². The fraction of sp³-hybridized carbons (Fsp3) is 0.160. The summed E-state index contributed by atoms with van der Waals surface area (Å²) in [5.74, 6) is 0.617. The molecule has 0 atom stereocenters. The predicted molar refractivity (Wildman–Crippen MR) is 472 cm³/mol. The molecule has 564 valence electrons. The van der Waals surface area contributed by atoms with Gasteiger partial charge in [-0.1, -0.05) is 324 Å². The second-order valence-electron chi connectivity index (χ2n) is 30.1. The lowest BCUT2D eigenvalue weighted by molar-refractivity contribution is -0.0500. The van der Waals surface area contributed by atoms with Gasteiger partial charge in [0.2, 0.25) is 0 Å². The Labute approximate surface area is 669 Å². The molecule has 0 saturated heterocycles. The van der Waals surface area contributed by atoms with Crippen LogP contribution in [0.4, 0.5) is 35.9 Å². The molecule has 0 N–H and O–H groups in total. The summed E-state index contributed by atoms with van der Waals surface area (Å²) in [5, 5.41) is 4.22. The third-order valence-corrected chi connectivity index (χ3v) is 27.8. The van der Waals surface area contributed by atoms with Gasteiger partial charge in [0.05, 0.1) is 18.1 Å². The highest BCUT2D eigenvalue weighted by Gasteiger charge is 2.49. The Morgan fingerprint density at radius 2 is 0.789 bits per heavy atom. The number of aromatic nitrogens is 1. The molecular formula is C100H87B2F3N3O4PS. The highest BCUT2D eigenvalue weighted by molar-refractivity contribution is 7.88. The van der Waals surface area contributed by atoms with Crippen molar-refractivity contribution in [1.29, 1.82) is 0 Å². The Morgan fingerprint density at radius 3 is 1.27 bits per heavy atom. The SMILES string of the molecule is COc1cccc(C)c1-c1ccccc1P(C1CCCCC1)C1CCCCC1.O=S(=O)(Oc1ccc(B2c3ccccc3-c3ccccc3N2c2ccccc2)cc1)C(F)(F)F.c1ccc(N2B(c3ccc(-n4c5ccccc5c5ccccc54)cc3)c3ccccc3-c3ccccc32)cc1.c1ccc2c(c1)Cc1ccccc1-2. The van der Waals surface area contributed by atoms with Crippen LogP contribution in [0.2, 0.25) is 0 Å². The number of alkyl halides is 3. The van der Waals surface area contributed by atoms with Gasteiger partial charge < -0.3 is 23.1 Å². The average molecular weight is 1540 g/mol. The number of halogens is 3. The van der Waals surface area contributed by atoms with Crippen LogP contribution in [0.15, 0.2) is 346 Å². The lowest BCUT2D eigenvalue weighted by atomic mass is 9.46. The van der Waals surface area contributed by atoms with E-state index in [0.717, 1.165) is 56.9 Å². The Hall–Kier alpha value is -11.6. The Bertz CT molecular complexity index is 5920. The van der Waals surface area contributed by atoms with Gasteiger partial charge in [-0.15, -0.1) is 0 Å². The summed E-state index contributed by atoms with van der Waals surface area (Å²) in [6.07, 6.45) is 15.5. The number of anilines is 4. The van der Waals surface area contributed by atoms with Gasteiger partial charge in [0.15, 0.2) is 0 Å². The number of ether oxygens (including phenoxy) is 1. The number of aryl methyl sites for hydroxylation is 1. The number of rotatable bonds is 12. The number of hydrogen-bond acceptors (Lipinski definition) is 6. The van der Waals surface area contributed by atoms with Crippen LogP contribution in [-0.2, 0) is 16.5 Å². The summed E-state index contributed by atoms with van der Waals surface area (Å²) in [6, 6.07) is 119. The maximum Gasteiger partial charge on any atom is 0.534 e. The number of hydrogen-bond donors (Lipinski definition) is 0. The fourth-order valence-corrected chi connectivity index (χ4v) is 22.6. The van der Waals surface area contributed by atoms with Crippen molar-refractivity contribution in [3.05, 3.63) is 362 Å². The van der Waals surface area contributed by atoms with Crippen LogP contribution in [0, 0.1) is 6.92 Å². The molecule has 3 aliphatic carbocycles. The van der Waals surface area contributed by atoms with Crippen molar-refractivity contribution in [1.82, 2.24) is 4.57 Å². The van der Waals surface area contributed by atoms with Gasteiger partial charge >= 0.3 is 29.3 Å². The summed E-state index contributed by atoms with van der Waals surface area (Å²) < 4.78 is 73.4. The molecule has 15 aromatic rings. The normalized spacial score (nSPS) is 14.3. The van der Waals surface area contributed by atoms with Gasteiger partial charge in [0.1, 0.15) is 11.5 Å². The molecule has 0 bridgehead atoms. The average Bonchev–Trinajstić information content (AvgIpc) is 0.889. The topological polar surface area (TPSA) is 64.0 Å². The maximum absolute atomic E-state index is 12.7. The summed E-state index contributed by atoms with van der Waals surface area (Å²) in [6.45, 7) is 1.99. The quantitative estimate of drug-likeness (QED) is 0.0526. The van der Waals surface area contributed by atoms with Crippen molar-refractivity contribution in [3.63, 3.8) is 0 Å². The van der Waals surface area contributed by atoms with E-state index in [4.69, 9.17) is 4.74 Å². The number of benzene rings is 14. The number of fused-ring (bicyclic) bond motifs is 12. The second-order valence-corrected chi connectivity index (χ2v) is 34.4. The summed E-state index contributed by atoms with van der Waals surface area (Å²) >= 11 is 0. The van der Waals surface area contributed by atoms with E-state index in [0.29, 0.717) is 0 Å². The minimum Gasteiger partial charge on any atom is -0.496 e. The Kier molecular flexibility index (Phi) is 21.9. The minimum atomic E-state index is -5.74. The van der Waals surface area contributed by atoms with E-state index in [1.165, 1.54) is 176 Å². The maximum atomic E-state index is 12.7. The zero-order chi connectivity index (χ0) is 77.7. The van der Waals surface area contributed by atoms with E-state index in [1.54, 1.807) is 17.4 Å².